The van der Waals surface area contributed by atoms with Crippen LogP contribution in [0.25, 0.3) is 0 Å². The Hall–Kier alpha value is -2.15. The Kier molecular flexibility index (Phi) is 5.04. The van der Waals surface area contributed by atoms with Gasteiger partial charge < -0.3 is 14.7 Å². The monoisotopic (exact) mass is 372 g/mol. The van der Waals surface area contributed by atoms with Gasteiger partial charge in [-0.2, -0.15) is 0 Å². The van der Waals surface area contributed by atoms with Crippen molar-refractivity contribution in [2.24, 2.45) is 11.8 Å². The standard InChI is InChI=1S/C20H28N4O3/c1-21(19-14-22-10-6-15(19)7-11-22)20(25)16-8-12-23(13-9-16)17-4-2-3-5-18(17)24(26)27/h2-5,15-16,19H,6-14H2,1H3. The minimum absolute atomic E-state index is 0.0319. The molecule has 0 N–H and O–H groups in total. The highest BCUT2D eigenvalue weighted by molar-refractivity contribution is 5.79. The first-order valence-corrected chi connectivity index (χ1v) is 10.0. The van der Waals surface area contributed by atoms with E-state index in [-0.39, 0.29) is 22.4 Å². The van der Waals surface area contributed by atoms with Crippen LogP contribution >= 0.6 is 0 Å². The molecule has 4 saturated heterocycles. The number of fused-ring (bicyclic) bond motifs is 3. The molecule has 5 rings (SSSR count). The average molecular weight is 372 g/mol. The number of amides is 1. The van der Waals surface area contributed by atoms with Gasteiger partial charge in [-0.05, 0) is 50.8 Å². The molecule has 0 aromatic heterocycles. The number of nitro groups is 1. The van der Waals surface area contributed by atoms with Crippen molar-refractivity contribution < 1.29 is 9.72 Å². The normalized spacial score (nSPS) is 28.2. The van der Waals surface area contributed by atoms with Crippen molar-refractivity contribution in [2.45, 2.75) is 31.7 Å². The largest absolute Gasteiger partial charge is 0.366 e. The summed E-state index contributed by atoms with van der Waals surface area (Å²) in [5.74, 6) is 0.941. The second-order valence-electron chi connectivity index (χ2n) is 8.16. The van der Waals surface area contributed by atoms with Gasteiger partial charge in [0.1, 0.15) is 5.69 Å². The Morgan fingerprint density at radius 3 is 2.37 bits per heavy atom. The van der Waals surface area contributed by atoms with Gasteiger partial charge in [-0.15, -0.1) is 0 Å². The fourth-order valence-electron chi connectivity index (χ4n) is 5.08. The molecule has 7 heteroatoms. The predicted molar refractivity (Wildman–Crippen MR) is 104 cm³/mol. The smallest absolute Gasteiger partial charge is 0.292 e. The number of benzene rings is 1. The van der Waals surface area contributed by atoms with E-state index >= 15 is 0 Å². The van der Waals surface area contributed by atoms with Gasteiger partial charge >= 0.3 is 0 Å². The molecule has 1 amide bonds. The van der Waals surface area contributed by atoms with Gasteiger partial charge in [0.05, 0.1) is 4.92 Å². The highest BCUT2D eigenvalue weighted by Gasteiger charge is 2.39. The van der Waals surface area contributed by atoms with E-state index in [2.05, 4.69) is 9.80 Å². The molecular formula is C20H28N4O3. The van der Waals surface area contributed by atoms with E-state index in [0.29, 0.717) is 30.7 Å². The van der Waals surface area contributed by atoms with E-state index in [4.69, 9.17) is 0 Å². The Morgan fingerprint density at radius 1 is 1.11 bits per heavy atom. The fraction of sp³-hybridized carbons (Fsp3) is 0.650. The topological polar surface area (TPSA) is 69.9 Å². The third kappa shape index (κ3) is 3.52. The quantitative estimate of drug-likeness (QED) is 0.599. The maximum atomic E-state index is 13.1. The number of hydrogen-bond acceptors (Lipinski definition) is 5. The molecule has 4 heterocycles. The minimum Gasteiger partial charge on any atom is -0.366 e. The number of carbonyl (C=O) groups excluding carboxylic acids is 1. The van der Waals surface area contributed by atoms with Crippen LogP contribution in [0.1, 0.15) is 25.7 Å². The summed E-state index contributed by atoms with van der Waals surface area (Å²) in [4.78, 5) is 30.6. The van der Waals surface area contributed by atoms with Gasteiger partial charge in [-0.1, -0.05) is 12.1 Å². The Bertz CT molecular complexity index is 709. The van der Waals surface area contributed by atoms with Crippen LogP contribution in [-0.4, -0.2) is 66.4 Å². The molecule has 4 aliphatic rings. The van der Waals surface area contributed by atoms with Crippen molar-refractivity contribution in [1.29, 1.82) is 0 Å². The maximum Gasteiger partial charge on any atom is 0.292 e. The fourth-order valence-corrected chi connectivity index (χ4v) is 5.08. The zero-order valence-electron chi connectivity index (χ0n) is 15.9. The average Bonchev–Trinajstić information content (AvgIpc) is 2.73. The van der Waals surface area contributed by atoms with Crippen LogP contribution in [-0.2, 0) is 4.79 Å². The molecule has 0 saturated carbocycles. The lowest BCUT2D eigenvalue weighted by atomic mass is 9.82. The van der Waals surface area contributed by atoms with E-state index in [9.17, 15) is 14.9 Å². The lowest BCUT2D eigenvalue weighted by Gasteiger charge is -2.49. The lowest BCUT2D eigenvalue weighted by molar-refractivity contribution is -0.384. The molecule has 7 nitrogen and oxygen atoms in total. The van der Waals surface area contributed by atoms with Crippen molar-refractivity contribution in [3.8, 4) is 0 Å². The molecular weight excluding hydrogens is 344 g/mol. The number of nitrogens with zero attached hydrogens (tertiary/aromatic N) is 4. The molecule has 4 fully saturated rings. The third-order valence-electron chi connectivity index (χ3n) is 6.73. The second kappa shape index (κ2) is 7.46. The predicted octanol–water partition coefficient (Wildman–Crippen LogP) is 2.36. The number of hydrogen-bond donors (Lipinski definition) is 0. The van der Waals surface area contributed by atoms with Crippen molar-refractivity contribution >= 4 is 17.3 Å². The maximum absolute atomic E-state index is 13.1. The molecule has 1 atom stereocenters. The highest BCUT2D eigenvalue weighted by Crippen LogP contribution is 2.34. The van der Waals surface area contributed by atoms with Crippen LogP contribution in [0.15, 0.2) is 24.3 Å². The Morgan fingerprint density at radius 2 is 1.78 bits per heavy atom. The minimum atomic E-state index is -0.326. The lowest BCUT2D eigenvalue weighted by Crippen LogP contribution is -2.58. The van der Waals surface area contributed by atoms with E-state index < -0.39 is 0 Å². The van der Waals surface area contributed by atoms with Crippen molar-refractivity contribution in [2.75, 3.05) is 44.7 Å². The number of piperidine rings is 4. The first-order chi connectivity index (χ1) is 13.0. The van der Waals surface area contributed by atoms with Crippen LogP contribution in [0.2, 0.25) is 0 Å². The van der Waals surface area contributed by atoms with Gasteiger partial charge in [0.15, 0.2) is 0 Å². The van der Waals surface area contributed by atoms with Crippen LogP contribution in [0.3, 0.4) is 0 Å². The summed E-state index contributed by atoms with van der Waals surface area (Å²) in [5, 5.41) is 11.3. The van der Waals surface area contributed by atoms with Crippen molar-refractivity contribution in [3.05, 3.63) is 34.4 Å². The van der Waals surface area contributed by atoms with E-state index in [0.717, 1.165) is 19.4 Å². The number of likely N-dealkylation sites (N-methyl/N-ethyl adjacent to an activating group) is 1. The van der Waals surface area contributed by atoms with E-state index in [1.807, 2.05) is 18.0 Å². The highest BCUT2D eigenvalue weighted by atomic mass is 16.6. The van der Waals surface area contributed by atoms with Crippen LogP contribution in [0, 0.1) is 22.0 Å². The van der Waals surface area contributed by atoms with Gasteiger partial charge in [0.2, 0.25) is 5.91 Å². The SMILES string of the molecule is CN(C(=O)C1CCN(c2ccccc2[N+](=O)[O-])CC1)C1CN2CCC1CC2. The van der Waals surface area contributed by atoms with E-state index in [1.54, 1.807) is 18.2 Å². The van der Waals surface area contributed by atoms with E-state index in [1.165, 1.54) is 25.9 Å². The molecule has 4 aliphatic heterocycles. The first kappa shape index (κ1) is 18.2. The van der Waals surface area contributed by atoms with Crippen LogP contribution in [0.5, 0.6) is 0 Å². The first-order valence-electron chi connectivity index (χ1n) is 10.0. The zero-order valence-corrected chi connectivity index (χ0v) is 15.9. The molecule has 1 aromatic rings. The second-order valence-corrected chi connectivity index (χ2v) is 8.16. The van der Waals surface area contributed by atoms with Gasteiger partial charge in [0.25, 0.3) is 5.69 Å². The molecule has 0 spiro atoms. The summed E-state index contributed by atoms with van der Waals surface area (Å²) in [7, 11) is 1.98. The molecule has 1 unspecified atom stereocenters. The van der Waals surface area contributed by atoms with Gasteiger partial charge in [-0.25, -0.2) is 0 Å². The molecule has 27 heavy (non-hydrogen) atoms. The number of rotatable bonds is 4. The summed E-state index contributed by atoms with van der Waals surface area (Å²) < 4.78 is 0. The molecule has 0 radical (unpaired) electrons. The Labute approximate surface area is 160 Å². The van der Waals surface area contributed by atoms with Crippen LogP contribution < -0.4 is 4.90 Å². The number of carbonyl (C=O) groups is 1. The molecule has 2 bridgehead atoms. The summed E-state index contributed by atoms with van der Waals surface area (Å²) in [6, 6.07) is 7.24. The molecule has 1 aromatic carbocycles. The van der Waals surface area contributed by atoms with Gasteiger partial charge in [-0.3, -0.25) is 14.9 Å². The van der Waals surface area contributed by atoms with Gasteiger partial charge in [0, 0.05) is 44.7 Å². The molecule has 146 valence electrons. The number of para-hydroxylation sites is 2. The number of nitro benzene ring substituents is 1. The summed E-state index contributed by atoms with van der Waals surface area (Å²) in [6.45, 7) is 4.75. The Balaban J connectivity index is 1.38. The van der Waals surface area contributed by atoms with Crippen molar-refractivity contribution in [3.63, 3.8) is 0 Å². The molecule has 0 aliphatic carbocycles. The zero-order chi connectivity index (χ0) is 19.0. The summed E-state index contributed by atoms with van der Waals surface area (Å²) in [5.41, 5.74) is 0.811. The summed E-state index contributed by atoms with van der Waals surface area (Å²) in [6.07, 6.45) is 3.93. The van der Waals surface area contributed by atoms with Crippen LogP contribution in [0.4, 0.5) is 11.4 Å². The number of anilines is 1. The summed E-state index contributed by atoms with van der Waals surface area (Å²) >= 11 is 0. The third-order valence-corrected chi connectivity index (χ3v) is 6.73. The van der Waals surface area contributed by atoms with Crippen molar-refractivity contribution in [1.82, 2.24) is 9.80 Å².